The van der Waals surface area contributed by atoms with Crippen LogP contribution in [0.15, 0.2) is 18.2 Å². The molecule has 7 heteroatoms. The van der Waals surface area contributed by atoms with Gasteiger partial charge in [-0.25, -0.2) is 0 Å². The van der Waals surface area contributed by atoms with Crippen LogP contribution >= 0.6 is 11.6 Å². The quantitative estimate of drug-likeness (QED) is 0.664. The van der Waals surface area contributed by atoms with Crippen molar-refractivity contribution in [1.29, 1.82) is 0 Å². The number of carbonyl (C=O) groups is 3. The molecule has 1 aliphatic carbocycles. The van der Waals surface area contributed by atoms with Gasteiger partial charge in [-0.15, -0.1) is 0 Å². The molecule has 1 aromatic carbocycles. The average molecular weight is 350 g/mol. The second-order valence-electron chi connectivity index (χ2n) is 6.43. The Kier molecular flexibility index (Phi) is 4.49. The van der Waals surface area contributed by atoms with E-state index in [2.05, 4.69) is 5.32 Å². The molecule has 2 fully saturated rings. The average Bonchev–Trinajstić information content (AvgIpc) is 3.39. The van der Waals surface area contributed by atoms with E-state index in [9.17, 15) is 14.4 Å². The maximum absolute atomic E-state index is 12.8. The summed E-state index contributed by atoms with van der Waals surface area (Å²) in [7, 11) is 0. The van der Waals surface area contributed by atoms with E-state index >= 15 is 0 Å². The van der Waals surface area contributed by atoms with Gasteiger partial charge in [0.05, 0.1) is 0 Å². The Balaban J connectivity index is 1.66. The van der Waals surface area contributed by atoms with Crippen LogP contribution in [-0.2, 0) is 14.4 Å². The number of hydrogen-bond donors (Lipinski definition) is 1. The lowest BCUT2D eigenvalue weighted by molar-refractivity contribution is -0.144. The van der Waals surface area contributed by atoms with Crippen LogP contribution in [0.2, 0.25) is 5.02 Å². The van der Waals surface area contributed by atoms with Crippen LogP contribution < -0.4 is 5.32 Å². The topological polar surface area (TPSA) is 69.7 Å². The molecule has 3 rings (SSSR count). The zero-order valence-corrected chi connectivity index (χ0v) is 14.3. The molecule has 1 aromatic rings. The first-order valence-electron chi connectivity index (χ1n) is 8.02. The predicted octanol–water partition coefficient (Wildman–Crippen LogP) is 1.67. The Bertz CT molecular complexity index is 680. The number of nitrogens with zero attached hydrogens (tertiary/aromatic N) is 2. The molecule has 0 atom stereocenters. The van der Waals surface area contributed by atoms with Crippen molar-refractivity contribution in [3.05, 3.63) is 28.8 Å². The molecule has 24 heavy (non-hydrogen) atoms. The van der Waals surface area contributed by atoms with Crippen molar-refractivity contribution in [3.8, 4) is 0 Å². The summed E-state index contributed by atoms with van der Waals surface area (Å²) in [6, 6.07) is 5.30. The summed E-state index contributed by atoms with van der Waals surface area (Å²) in [6.45, 7) is 3.87. The largest absolute Gasteiger partial charge is 0.342 e. The Morgan fingerprint density at radius 1 is 1.21 bits per heavy atom. The molecule has 0 spiro atoms. The van der Waals surface area contributed by atoms with Gasteiger partial charge in [-0.1, -0.05) is 17.7 Å². The van der Waals surface area contributed by atoms with Gasteiger partial charge in [-0.05, 0) is 37.5 Å². The normalized spacial score (nSPS) is 18.9. The molecule has 0 aromatic heterocycles. The van der Waals surface area contributed by atoms with Gasteiger partial charge in [0.2, 0.25) is 18.2 Å². The molecule has 1 aliphatic heterocycles. The number of anilines is 1. The highest BCUT2D eigenvalue weighted by atomic mass is 35.5. The minimum Gasteiger partial charge on any atom is -0.342 e. The second kappa shape index (κ2) is 6.43. The minimum atomic E-state index is -0.958. The lowest BCUT2D eigenvalue weighted by Crippen LogP contribution is -2.52. The molecule has 6 nitrogen and oxygen atoms in total. The van der Waals surface area contributed by atoms with E-state index in [4.69, 9.17) is 11.6 Å². The number of amides is 3. The summed E-state index contributed by atoms with van der Waals surface area (Å²) in [5.41, 5.74) is 0.570. The van der Waals surface area contributed by atoms with Gasteiger partial charge < -0.3 is 15.1 Å². The van der Waals surface area contributed by atoms with Gasteiger partial charge >= 0.3 is 0 Å². The number of aryl methyl sites for hydroxylation is 1. The van der Waals surface area contributed by atoms with Crippen LogP contribution in [0, 0.1) is 12.3 Å². The van der Waals surface area contributed by atoms with Crippen LogP contribution in [0.3, 0.4) is 0 Å². The molecule has 0 unspecified atom stereocenters. The third-order valence-electron chi connectivity index (χ3n) is 4.77. The smallest absolute Gasteiger partial charge is 0.240 e. The molecule has 128 valence electrons. The van der Waals surface area contributed by atoms with Gasteiger partial charge in [0.1, 0.15) is 5.41 Å². The standard InChI is InChI=1S/C17H20ClN3O3/c1-12-2-3-13(10-14(12)18)19-15(23)17(4-5-17)16(24)21-8-6-20(11-22)7-9-21/h2-3,10-11H,4-9H2,1H3,(H,19,23). The lowest BCUT2D eigenvalue weighted by Gasteiger charge is -2.34. The molecule has 0 bridgehead atoms. The first-order chi connectivity index (χ1) is 11.5. The first kappa shape index (κ1) is 16.8. The van der Waals surface area contributed by atoms with Crippen molar-refractivity contribution >= 4 is 35.5 Å². The zero-order valence-electron chi connectivity index (χ0n) is 13.5. The van der Waals surface area contributed by atoms with E-state index in [1.807, 2.05) is 13.0 Å². The van der Waals surface area contributed by atoms with Gasteiger partial charge in [0.25, 0.3) is 0 Å². The summed E-state index contributed by atoms with van der Waals surface area (Å²) in [5.74, 6) is -0.408. The van der Waals surface area contributed by atoms with Crippen LogP contribution in [0.4, 0.5) is 5.69 Å². The maximum atomic E-state index is 12.8. The third kappa shape index (κ3) is 3.11. The van der Waals surface area contributed by atoms with Crippen molar-refractivity contribution in [2.75, 3.05) is 31.5 Å². The van der Waals surface area contributed by atoms with Crippen LogP contribution in [0.5, 0.6) is 0 Å². The van der Waals surface area contributed by atoms with E-state index in [0.717, 1.165) is 12.0 Å². The summed E-state index contributed by atoms with van der Waals surface area (Å²) >= 11 is 6.08. The Hall–Kier alpha value is -2.08. The molecule has 0 radical (unpaired) electrons. The summed E-state index contributed by atoms with van der Waals surface area (Å²) in [6.07, 6.45) is 1.92. The van der Waals surface area contributed by atoms with Crippen LogP contribution in [-0.4, -0.2) is 54.2 Å². The second-order valence-corrected chi connectivity index (χ2v) is 6.84. The van der Waals surface area contributed by atoms with Gasteiger partial charge in [-0.3, -0.25) is 14.4 Å². The Labute approximate surface area is 145 Å². The maximum Gasteiger partial charge on any atom is 0.240 e. The fourth-order valence-electron chi connectivity index (χ4n) is 2.92. The van der Waals surface area contributed by atoms with Gasteiger partial charge in [0, 0.05) is 36.9 Å². The molecule has 1 saturated heterocycles. The molecule has 2 aliphatic rings. The van der Waals surface area contributed by atoms with Gasteiger partial charge in [0.15, 0.2) is 0 Å². The minimum absolute atomic E-state index is 0.135. The fraction of sp³-hybridized carbons (Fsp3) is 0.471. The number of halogens is 1. The molecule has 3 amide bonds. The van der Waals surface area contributed by atoms with E-state index in [-0.39, 0.29) is 11.8 Å². The summed E-state index contributed by atoms with van der Waals surface area (Å²) in [4.78, 5) is 39.5. The highest BCUT2D eigenvalue weighted by Gasteiger charge is 2.58. The molecule has 1 N–H and O–H groups in total. The number of nitrogens with one attached hydrogen (secondary N) is 1. The van der Waals surface area contributed by atoms with E-state index in [0.29, 0.717) is 49.7 Å². The van der Waals surface area contributed by atoms with E-state index in [1.54, 1.807) is 21.9 Å². The molecule has 1 saturated carbocycles. The third-order valence-corrected chi connectivity index (χ3v) is 5.18. The highest BCUT2D eigenvalue weighted by Crippen LogP contribution is 2.48. The number of piperazine rings is 1. The first-order valence-corrected chi connectivity index (χ1v) is 8.40. The van der Waals surface area contributed by atoms with Gasteiger partial charge in [-0.2, -0.15) is 0 Å². The lowest BCUT2D eigenvalue weighted by atomic mass is 10.0. The molecular weight excluding hydrogens is 330 g/mol. The number of hydrogen-bond acceptors (Lipinski definition) is 3. The molecular formula is C17H20ClN3O3. The highest BCUT2D eigenvalue weighted by molar-refractivity contribution is 6.31. The van der Waals surface area contributed by atoms with E-state index < -0.39 is 5.41 Å². The van der Waals surface area contributed by atoms with Crippen LogP contribution in [0.25, 0.3) is 0 Å². The number of rotatable bonds is 4. The Morgan fingerprint density at radius 3 is 2.42 bits per heavy atom. The van der Waals surface area contributed by atoms with Crippen molar-refractivity contribution < 1.29 is 14.4 Å². The Morgan fingerprint density at radius 2 is 1.88 bits per heavy atom. The SMILES string of the molecule is Cc1ccc(NC(=O)C2(C(=O)N3CCN(C=O)CC3)CC2)cc1Cl. The number of benzene rings is 1. The van der Waals surface area contributed by atoms with E-state index in [1.165, 1.54) is 0 Å². The summed E-state index contributed by atoms with van der Waals surface area (Å²) < 4.78 is 0. The van der Waals surface area contributed by atoms with Crippen molar-refractivity contribution in [2.45, 2.75) is 19.8 Å². The molecule has 1 heterocycles. The fourth-order valence-corrected chi connectivity index (χ4v) is 3.10. The van der Waals surface area contributed by atoms with Crippen LogP contribution in [0.1, 0.15) is 18.4 Å². The monoisotopic (exact) mass is 349 g/mol. The predicted molar refractivity (Wildman–Crippen MR) is 90.7 cm³/mol. The zero-order chi connectivity index (χ0) is 17.3. The van der Waals surface area contributed by atoms with Crippen molar-refractivity contribution in [3.63, 3.8) is 0 Å². The summed E-state index contributed by atoms with van der Waals surface area (Å²) in [5, 5.41) is 3.39. The van der Waals surface area contributed by atoms with Crippen molar-refractivity contribution in [2.24, 2.45) is 5.41 Å². The number of carbonyl (C=O) groups excluding carboxylic acids is 3. The van der Waals surface area contributed by atoms with Crippen molar-refractivity contribution in [1.82, 2.24) is 9.80 Å².